The molecule has 0 radical (unpaired) electrons. The largest absolute Gasteiger partial charge is 0.369 e. The van der Waals surface area contributed by atoms with Crippen LogP contribution < -0.4 is 10.2 Å². The molecule has 1 fully saturated rings. The highest BCUT2D eigenvalue weighted by Gasteiger charge is 2.14. The maximum absolute atomic E-state index is 4.70. The van der Waals surface area contributed by atoms with Gasteiger partial charge >= 0.3 is 0 Å². The maximum atomic E-state index is 4.70. The van der Waals surface area contributed by atoms with Crippen molar-refractivity contribution in [2.45, 2.75) is 6.92 Å². The zero-order valence-corrected chi connectivity index (χ0v) is 17.6. The second-order valence-electron chi connectivity index (χ2n) is 7.88. The van der Waals surface area contributed by atoms with Gasteiger partial charge in [0.15, 0.2) is 0 Å². The fraction of sp³-hybridized carbons (Fsp3) is 0.318. The molecule has 0 spiro atoms. The van der Waals surface area contributed by atoms with Gasteiger partial charge in [-0.3, -0.25) is 0 Å². The van der Waals surface area contributed by atoms with E-state index in [9.17, 15) is 0 Å². The standard InChI is InChI=1S/C22H26N8/c1-16-24-20(15-28(16)3)21-9-8-19-14-23-22(26-30(19)21)25-17-4-6-18(7-5-17)29-12-10-27(2)11-13-29/h4-9,14-15H,10-13H2,1-3H3,(H,25,26). The Morgan fingerprint density at radius 1 is 0.933 bits per heavy atom. The second kappa shape index (κ2) is 7.46. The topological polar surface area (TPSA) is 66.5 Å². The molecule has 30 heavy (non-hydrogen) atoms. The zero-order chi connectivity index (χ0) is 20.7. The number of benzene rings is 1. The molecule has 1 aliphatic rings. The Balaban J connectivity index is 1.37. The smallest absolute Gasteiger partial charge is 0.245 e. The molecule has 0 amide bonds. The van der Waals surface area contributed by atoms with E-state index in [0.29, 0.717) is 5.95 Å². The maximum Gasteiger partial charge on any atom is 0.245 e. The first-order valence-corrected chi connectivity index (χ1v) is 10.2. The summed E-state index contributed by atoms with van der Waals surface area (Å²) in [7, 11) is 4.17. The summed E-state index contributed by atoms with van der Waals surface area (Å²) in [5.74, 6) is 1.52. The van der Waals surface area contributed by atoms with Gasteiger partial charge in [0, 0.05) is 50.8 Å². The summed E-state index contributed by atoms with van der Waals surface area (Å²) >= 11 is 0. The van der Waals surface area contributed by atoms with E-state index in [0.717, 1.165) is 54.6 Å². The Bertz CT molecular complexity index is 1150. The lowest BCUT2D eigenvalue weighted by Crippen LogP contribution is -2.44. The number of anilines is 3. The molecule has 0 aliphatic carbocycles. The van der Waals surface area contributed by atoms with Crippen molar-refractivity contribution in [2.24, 2.45) is 7.05 Å². The number of hydrogen-bond acceptors (Lipinski definition) is 6. The molecule has 8 heteroatoms. The first-order valence-electron chi connectivity index (χ1n) is 10.2. The van der Waals surface area contributed by atoms with Crippen molar-refractivity contribution in [3.05, 3.63) is 54.6 Å². The monoisotopic (exact) mass is 402 g/mol. The molecule has 0 bridgehead atoms. The lowest BCUT2D eigenvalue weighted by atomic mass is 10.2. The third kappa shape index (κ3) is 3.50. The molecule has 1 aromatic carbocycles. The lowest BCUT2D eigenvalue weighted by Gasteiger charge is -2.34. The van der Waals surface area contributed by atoms with Gasteiger partial charge in [0.25, 0.3) is 0 Å². The molecule has 1 N–H and O–H groups in total. The SMILES string of the molecule is Cc1nc(-c2ccc3cnc(Nc4ccc(N5CCN(C)CC5)cc4)nn23)cn1C. The van der Waals surface area contributed by atoms with E-state index in [4.69, 9.17) is 5.10 Å². The molecule has 4 heterocycles. The van der Waals surface area contributed by atoms with Crippen LogP contribution in [-0.2, 0) is 7.05 Å². The number of imidazole rings is 1. The van der Waals surface area contributed by atoms with Crippen molar-refractivity contribution in [2.75, 3.05) is 43.4 Å². The zero-order valence-electron chi connectivity index (χ0n) is 17.6. The number of likely N-dealkylation sites (N-methyl/N-ethyl adjacent to an activating group) is 1. The second-order valence-corrected chi connectivity index (χ2v) is 7.88. The average Bonchev–Trinajstić information content (AvgIpc) is 3.32. The predicted octanol–water partition coefficient (Wildman–Crippen LogP) is 2.93. The number of rotatable bonds is 4. The van der Waals surface area contributed by atoms with E-state index in [1.54, 1.807) is 0 Å². The van der Waals surface area contributed by atoms with Crippen LogP contribution in [0.1, 0.15) is 5.82 Å². The summed E-state index contributed by atoms with van der Waals surface area (Å²) < 4.78 is 3.90. The molecule has 8 nitrogen and oxygen atoms in total. The van der Waals surface area contributed by atoms with Crippen LogP contribution in [0.2, 0.25) is 0 Å². The number of hydrogen-bond donors (Lipinski definition) is 1. The number of fused-ring (bicyclic) bond motifs is 1. The first-order chi connectivity index (χ1) is 14.6. The van der Waals surface area contributed by atoms with E-state index < -0.39 is 0 Å². The van der Waals surface area contributed by atoms with Gasteiger partial charge in [0.05, 0.1) is 17.4 Å². The Hall–Kier alpha value is -3.39. The molecule has 5 rings (SSSR count). The van der Waals surface area contributed by atoms with Gasteiger partial charge in [-0.1, -0.05) is 0 Å². The number of nitrogens with one attached hydrogen (secondary N) is 1. The molecule has 3 aromatic heterocycles. The summed E-state index contributed by atoms with van der Waals surface area (Å²) in [4.78, 5) is 13.9. The van der Waals surface area contributed by atoms with Gasteiger partial charge in [0.2, 0.25) is 5.95 Å². The minimum absolute atomic E-state index is 0.556. The first kappa shape index (κ1) is 18.6. The van der Waals surface area contributed by atoms with Crippen molar-refractivity contribution in [3.8, 4) is 11.4 Å². The van der Waals surface area contributed by atoms with E-state index >= 15 is 0 Å². The van der Waals surface area contributed by atoms with Gasteiger partial charge < -0.3 is 19.7 Å². The fourth-order valence-electron chi connectivity index (χ4n) is 3.78. The minimum Gasteiger partial charge on any atom is -0.369 e. The number of nitrogens with zero attached hydrogens (tertiary/aromatic N) is 7. The van der Waals surface area contributed by atoms with Crippen LogP contribution >= 0.6 is 0 Å². The number of aryl methyl sites for hydroxylation is 2. The summed E-state index contributed by atoms with van der Waals surface area (Å²) in [5.41, 5.74) is 5.00. The Kier molecular flexibility index (Phi) is 4.63. The summed E-state index contributed by atoms with van der Waals surface area (Å²) in [6.45, 7) is 6.32. The van der Waals surface area contributed by atoms with Crippen LogP contribution in [0.4, 0.5) is 17.3 Å². The summed E-state index contributed by atoms with van der Waals surface area (Å²) in [6, 6.07) is 12.5. The summed E-state index contributed by atoms with van der Waals surface area (Å²) in [6.07, 6.45) is 3.84. The lowest BCUT2D eigenvalue weighted by molar-refractivity contribution is 0.313. The minimum atomic E-state index is 0.556. The average molecular weight is 403 g/mol. The normalized spacial score (nSPS) is 15.1. The molecule has 0 saturated carbocycles. The molecule has 0 atom stereocenters. The van der Waals surface area contributed by atoms with Gasteiger partial charge in [0.1, 0.15) is 11.5 Å². The molecular formula is C22H26N8. The molecule has 4 aromatic rings. The molecule has 1 saturated heterocycles. The highest BCUT2D eigenvalue weighted by Crippen LogP contribution is 2.23. The fourth-order valence-corrected chi connectivity index (χ4v) is 3.78. The highest BCUT2D eigenvalue weighted by atomic mass is 15.3. The van der Waals surface area contributed by atoms with Gasteiger partial charge in [-0.05, 0) is 50.4 Å². The Labute approximate surface area is 175 Å². The van der Waals surface area contributed by atoms with Crippen LogP contribution in [0.3, 0.4) is 0 Å². The Morgan fingerprint density at radius 3 is 2.40 bits per heavy atom. The van der Waals surface area contributed by atoms with Crippen molar-refractivity contribution in [3.63, 3.8) is 0 Å². The Morgan fingerprint density at radius 2 is 1.70 bits per heavy atom. The van der Waals surface area contributed by atoms with Gasteiger partial charge in [-0.2, -0.15) is 0 Å². The number of aromatic nitrogens is 5. The van der Waals surface area contributed by atoms with E-state index in [2.05, 4.69) is 56.4 Å². The number of piperazine rings is 1. The van der Waals surface area contributed by atoms with E-state index in [1.807, 2.05) is 47.6 Å². The predicted molar refractivity (Wildman–Crippen MR) is 119 cm³/mol. The molecule has 1 aliphatic heterocycles. The molecule has 154 valence electrons. The van der Waals surface area contributed by atoms with Crippen LogP contribution in [-0.4, -0.2) is 62.3 Å². The third-order valence-corrected chi connectivity index (χ3v) is 5.76. The van der Waals surface area contributed by atoms with Crippen LogP contribution in [0, 0.1) is 6.92 Å². The molecular weight excluding hydrogens is 376 g/mol. The quantitative estimate of drug-likeness (QED) is 0.566. The highest BCUT2D eigenvalue weighted by molar-refractivity contribution is 5.64. The van der Waals surface area contributed by atoms with Crippen molar-refractivity contribution in [1.82, 2.24) is 29.0 Å². The van der Waals surface area contributed by atoms with Crippen LogP contribution in [0.15, 0.2) is 48.8 Å². The van der Waals surface area contributed by atoms with Crippen molar-refractivity contribution >= 4 is 22.8 Å². The van der Waals surface area contributed by atoms with Crippen LogP contribution in [0.5, 0.6) is 0 Å². The van der Waals surface area contributed by atoms with Gasteiger partial charge in [-0.15, -0.1) is 5.10 Å². The summed E-state index contributed by atoms with van der Waals surface area (Å²) in [5, 5.41) is 8.02. The molecule has 0 unspecified atom stereocenters. The third-order valence-electron chi connectivity index (χ3n) is 5.76. The van der Waals surface area contributed by atoms with E-state index in [-0.39, 0.29) is 0 Å². The van der Waals surface area contributed by atoms with E-state index in [1.165, 1.54) is 5.69 Å². The van der Waals surface area contributed by atoms with Gasteiger partial charge in [-0.25, -0.2) is 14.5 Å². The van der Waals surface area contributed by atoms with Crippen molar-refractivity contribution < 1.29 is 0 Å². The van der Waals surface area contributed by atoms with Crippen LogP contribution in [0.25, 0.3) is 16.9 Å². The van der Waals surface area contributed by atoms with Crippen molar-refractivity contribution in [1.29, 1.82) is 0 Å².